The molecule has 2 N–H and O–H groups in total. The van der Waals surface area contributed by atoms with Crippen LogP contribution in [0.5, 0.6) is 11.5 Å². The van der Waals surface area contributed by atoms with Crippen LogP contribution in [-0.2, 0) is 0 Å². The molecule has 0 spiro atoms. The Morgan fingerprint density at radius 1 is 1.17 bits per heavy atom. The molecule has 24 heavy (non-hydrogen) atoms. The number of benzene rings is 2. The fourth-order valence-electron chi connectivity index (χ4n) is 2.24. The lowest BCUT2D eigenvalue weighted by Crippen LogP contribution is -2.43. The molecule has 6 heteroatoms. The highest BCUT2D eigenvalue weighted by atomic mass is 79.9. The van der Waals surface area contributed by atoms with Crippen molar-refractivity contribution in [3.8, 4) is 11.5 Å². The van der Waals surface area contributed by atoms with E-state index < -0.39 is 0 Å². The average Bonchev–Trinajstić information content (AvgIpc) is 2.61. The van der Waals surface area contributed by atoms with Crippen LogP contribution in [0.3, 0.4) is 0 Å². The second kappa shape index (κ2) is 7.88. The molecular weight excluding hydrogens is 372 g/mol. The average molecular weight is 389 g/mol. The van der Waals surface area contributed by atoms with E-state index in [1.165, 1.54) is 0 Å². The monoisotopic (exact) mass is 388 g/mol. The normalized spacial score (nSPS) is 16.0. The fraction of sp³-hybridized carbons (Fsp3) is 0.167. The number of amides is 2. The Morgan fingerprint density at radius 2 is 1.92 bits per heavy atom. The minimum Gasteiger partial charge on any atom is -0.486 e. The van der Waals surface area contributed by atoms with E-state index in [0.717, 1.165) is 15.8 Å². The molecule has 3 rings (SSSR count). The van der Waals surface area contributed by atoms with Crippen molar-refractivity contribution in [2.75, 3.05) is 13.2 Å². The number of hydrogen-bond donors (Lipinski definition) is 2. The Balaban J connectivity index is 1.44. The molecule has 2 aromatic carbocycles. The van der Waals surface area contributed by atoms with E-state index in [9.17, 15) is 4.79 Å². The Morgan fingerprint density at radius 3 is 2.75 bits per heavy atom. The van der Waals surface area contributed by atoms with Crippen LogP contribution in [0.15, 0.2) is 59.2 Å². The maximum atomic E-state index is 11.8. The van der Waals surface area contributed by atoms with Crippen molar-refractivity contribution in [1.82, 2.24) is 10.6 Å². The molecule has 0 fully saturated rings. The van der Waals surface area contributed by atoms with Crippen LogP contribution in [0.25, 0.3) is 6.08 Å². The van der Waals surface area contributed by atoms with Crippen molar-refractivity contribution in [2.24, 2.45) is 0 Å². The van der Waals surface area contributed by atoms with E-state index in [4.69, 9.17) is 9.47 Å². The summed E-state index contributed by atoms with van der Waals surface area (Å²) in [7, 11) is 0. The number of nitrogens with one attached hydrogen (secondary N) is 2. The first kappa shape index (κ1) is 16.4. The van der Waals surface area contributed by atoms with Crippen LogP contribution in [0, 0.1) is 0 Å². The van der Waals surface area contributed by atoms with Gasteiger partial charge in [0.1, 0.15) is 6.61 Å². The molecule has 1 aliphatic heterocycles. The summed E-state index contributed by atoms with van der Waals surface area (Å²) in [4.78, 5) is 11.8. The number of fused-ring (bicyclic) bond motifs is 1. The summed E-state index contributed by atoms with van der Waals surface area (Å²) in [5.41, 5.74) is 0.985. The lowest BCUT2D eigenvalue weighted by molar-refractivity contribution is 0.0919. The molecule has 0 saturated carbocycles. The lowest BCUT2D eigenvalue weighted by Gasteiger charge is -2.26. The van der Waals surface area contributed by atoms with Gasteiger partial charge in [-0.1, -0.05) is 46.3 Å². The zero-order chi connectivity index (χ0) is 16.8. The van der Waals surface area contributed by atoms with Gasteiger partial charge in [0.05, 0.1) is 6.54 Å². The molecule has 124 valence electrons. The third kappa shape index (κ3) is 4.29. The smallest absolute Gasteiger partial charge is 0.318 e. The maximum absolute atomic E-state index is 11.8. The Kier molecular flexibility index (Phi) is 5.38. The van der Waals surface area contributed by atoms with Crippen molar-refractivity contribution in [1.29, 1.82) is 0 Å². The van der Waals surface area contributed by atoms with Gasteiger partial charge in [-0.2, -0.15) is 0 Å². The molecule has 0 aliphatic carbocycles. The minimum atomic E-state index is -0.291. The van der Waals surface area contributed by atoms with Crippen molar-refractivity contribution >= 4 is 28.0 Å². The lowest BCUT2D eigenvalue weighted by atomic mass is 10.2. The van der Waals surface area contributed by atoms with Crippen molar-refractivity contribution in [3.63, 3.8) is 0 Å². The maximum Gasteiger partial charge on any atom is 0.318 e. The molecule has 2 aromatic rings. The van der Waals surface area contributed by atoms with E-state index >= 15 is 0 Å². The summed E-state index contributed by atoms with van der Waals surface area (Å²) in [6, 6.07) is 15.0. The first-order valence-electron chi connectivity index (χ1n) is 7.56. The molecule has 0 aromatic heterocycles. The van der Waals surface area contributed by atoms with Gasteiger partial charge in [-0.3, -0.25) is 0 Å². The standard InChI is InChI=1S/C18H17BrN2O3/c19-15-6-2-1-5-13(15)9-10-20-18(22)21-11-14-12-23-16-7-3-4-8-17(16)24-14/h1-10,14H,11-12H2,(H2,20,21,22)/b10-9+. The van der Waals surface area contributed by atoms with Crippen LogP contribution in [0.1, 0.15) is 5.56 Å². The number of urea groups is 1. The highest BCUT2D eigenvalue weighted by molar-refractivity contribution is 9.10. The molecular formula is C18H17BrN2O3. The Labute approximate surface area is 148 Å². The van der Waals surface area contributed by atoms with Crippen LogP contribution < -0.4 is 20.1 Å². The minimum absolute atomic E-state index is 0.210. The van der Waals surface area contributed by atoms with E-state index in [1.54, 1.807) is 6.20 Å². The fourth-order valence-corrected chi connectivity index (χ4v) is 2.66. The van der Waals surface area contributed by atoms with E-state index in [1.807, 2.05) is 54.6 Å². The van der Waals surface area contributed by atoms with E-state index in [2.05, 4.69) is 26.6 Å². The summed E-state index contributed by atoms with van der Waals surface area (Å²) in [5.74, 6) is 1.43. The number of hydrogen-bond acceptors (Lipinski definition) is 3. The van der Waals surface area contributed by atoms with Crippen molar-refractivity contribution < 1.29 is 14.3 Å². The molecule has 2 amide bonds. The van der Waals surface area contributed by atoms with E-state index in [-0.39, 0.29) is 12.1 Å². The summed E-state index contributed by atoms with van der Waals surface area (Å²) < 4.78 is 12.4. The predicted molar refractivity (Wildman–Crippen MR) is 96.1 cm³/mol. The van der Waals surface area contributed by atoms with Gasteiger partial charge in [-0.25, -0.2) is 4.79 Å². The van der Waals surface area contributed by atoms with Crippen LogP contribution in [0.4, 0.5) is 4.79 Å². The molecule has 1 aliphatic rings. The summed E-state index contributed by atoms with van der Waals surface area (Å²) >= 11 is 3.45. The Hall–Kier alpha value is -2.47. The number of para-hydroxylation sites is 2. The van der Waals surface area contributed by atoms with Crippen molar-refractivity contribution in [2.45, 2.75) is 6.10 Å². The van der Waals surface area contributed by atoms with Gasteiger partial charge in [-0.15, -0.1) is 0 Å². The first-order valence-corrected chi connectivity index (χ1v) is 8.35. The summed E-state index contributed by atoms with van der Waals surface area (Å²) in [5, 5.41) is 5.44. The topological polar surface area (TPSA) is 59.6 Å². The summed E-state index contributed by atoms with van der Waals surface area (Å²) in [6.45, 7) is 0.771. The molecule has 1 heterocycles. The van der Waals surface area contributed by atoms with Gasteiger partial charge in [0.15, 0.2) is 17.6 Å². The number of carbonyl (C=O) groups excluding carboxylic acids is 1. The number of carbonyl (C=O) groups is 1. The van der Waals surface area contributed by atoms with E-state index in [0.29, 0.717) is 18.9 Å². The van der Waals surface area contributed by atoms with Gasteiger partial charge in [-0.05, 0) is 29.8 Å². The summed E-state index contributed by atoms with van der Waals surface area (Å²) in [6.07, 6.45) is 3.21. The third-order valence-corrected chi connectivity index (χ3v) is 4.16. The Bertz CT molecular complexity index is 749. The van der Waals surface area contributed by atoms with Crippen LogP contribution >= 0.6 is 15.9 Å². The zero-order valence-corrected chi connectivity index (χ0v) is 14.5. The highest BCUT2D eigenvalue weighted by Crippen LogP contribution is 2.30. The largest absolute Gasteiger partial charge is 0.486 e. The molecule has 1 unspecified atom stereocenters. The number of rotatable bonds is 4. The zero-order valence-electron chi connectivity index (χ0n) is 12.9. The second-order valence-corrected chi connectivity index (χ2v) is 6.06. The van der Waals surface area contributed by atoms with Gasteiger partial charge >= 0.3 is 6.03 Å². The number of halogens is 1. The predicted octanol–water partition coefficient (Wildman–Crippen LogP) is 3.56. The van der Waals surface area contributed by atoms with Crippen LogP contribution in [0.2, 0.25) is 0 Å². The second-order valence-electron chi connectivity index (χ2n) is 5.21. The van der Waals surface area contributed by atoms with Gasteiger partial charge in [0, 0.05) is 10.7 Å². The van der Waals surface area contributed by atoms with Gasteiger partial charge < -0.3 is 20.1 Å². The number of ether oxygens (including phenoxy) is 2. The van der Waals surface area contributed by atoms with Crippen LogP contribution in [-0.4, -0.2) is 25.3 Å². The van der Waals surface area contributed by atoms with Crippen molar-refractivity contribution in [3.05, 3.63) is 64.8 Å². The highest BCUT2D eigenvalue weighted by Gasteiger charge is 2.20. The molecule has 0 radical (unpaired) electrons. The molecule has 5 nitrogen and oxygen atoms in total. The quantitative estimate of drug-likeness (QED) is 0.841. The SMILES string of the molecule is O=C(N/C=C/c1ccccc1Br)NCC1COc2ccccc2O1. The van der Waals surface area contributed by atoms with Gasteiger partial charge in [0.2, 0.25) is 0 Å². The molecule has 1 atom stereocenters. The first-order chi connectivity index (χ1) is 11.7. The van der Waals surface area contributed by atoms with Gasteiger partial charge in [0.25, 0.3) is 0 Å². The molecule has 0 saturated heterocycles. The molecule has 0 bridgehead atoms. The third-order valence-electron chi connectivity index (χ3n) is 3.44.